The molecule has 0 rings (SSSR count). The molecule has 0 aliphatic heterocycles. The van der Waals surface area contributed by atoms with Gasteiger partial charge < -0.3 is 27.9 Å². The number of hydrogen-bond acceptors (Lipinski definition) is 8. The Morgan fingerprint density at radius 1 is 0.587 bits per heavy atom. The third kappa shape index (κ3) is 32.9. The van der Waals surface area contributed by atoms with Gasteiger partial charge in [0.25, 0.3) is 7.82 Å². The van der Waals surface area contributed by atoms with Crippen molar-refractivity contribution in [2.45, 2.75) is 174 Å². The quantitative estimate of drug-likeness (QED) is 0.0287. The topological polar surface area (TPSA) is 111 Å². The number of carbonyl (C=O) groups is 2. The van der Waals surface area contributed by atoms with Gasteiger partial charge in [0.1, 0.15) is 19.8 Å². The maximum absolute atomic E-state index is 12.5. The maximum atomic E-state index is 12.5. The second kappa shape index (κ2) is 30.1. The summed E-state index contributed by atoms with van der Waals surface area (Å²) in [5.41, 5.74) is 0. The van der Waals surface area contributed by atoms with Crippen LogP contribution in [-0.4, -0.2) is 70.0 Å². The first kappa shape index (κ1) is 45.0. The molecule has 0 N–H and O–H groups in total. The molecule has 0 aromatic carbocycles. The monoisotopic (exact) mass is 677 g/mol. The minimum absolute atomic E-state index is 0.0272. The fourth-order valence-corrected chi connectivity index (χ4v) is 5.85. The Kier molecular flexibility index (Phi) is 29.4. The zero-order chi connectivity index (χ0) is 34.4. The van der Waals surface area contributed by atoms with E-state index in [0.29, 0.717) is 23.9 Å². The van der Waals surface area contributed by atoms with Crippen LogP contribution in [0.25, 0.3) is 0 Å². The number of quaternary nitrogens is 1. The lowest BCUT2D eigenvalue weighted by atomic mass is 10.0. The van der Waals surface area contributed by atoms with Gasteiger partial charge in [0.2, 0.25) is 0 Å². The van der Waals surface area contributed by atoms with E-state index in [-0.39, 0.29) is 26.1 Å². The predicted molar refractivity (Wildman–Crippen MR) is 185 cm³/mol. The van der Waals surface area contributed by atoms with Crippen molar-refractivity contribution < 1.29 is 42.1 Å². The summed E-state index contributed by atoms with van der Waals surface area (Å²) in [6.07, 6.45) is 26.5. The van der Waals surface area contributed by atoms with Crippen LogP contribution in [0.5, 0.6) is 0 Å². The molecule has 10 heteroatoms. The Morgan fingerprint density at radius 3 is 1.43 bits per heavy atom. The molecule has 0 amide bonds. The number of phosphoric ester groups is 1. The van der Waals surface area contributed by atoms with Crippen LogP contribution in [0.1, 0.15) is 168 Å². The summed E-state index contributed by atoms with van der Waals surface area (Å²) in [7, 11) is 1.17. The lowest BCUT2D eigenvalue weighted by Gasteiger charge is -2.28. The Balaban J connectivity index is 4.09. The molecule has 0 aliphatic rings. The molecule has 0 saturated heterocycles. The van der Waals surface area contributed by atoms with Crippen molar-refractivity contribution in [1.82, 2.24) is 0 Å². The summed E-state index contributed by atoms with van der Waals surface area (Å²) in [6.45, 7) is 4.05. The Bertz CT molecular complexity index is 774. The van der Waals surface area contributed by atoms with Crippen LogP contribution >= 0.6 is 7.82 Å². The van der Waals surface area contributed by atoms with E-state index in [0.717, 1.165) is 25.7 Å². The van der Waals surface area contributed by atoms with E-state index in [2.05, 4.69) is 6.92 Å². The van der Waals surface area contributed by atoms with Crippen molar-refractivity contribution in [1.29, 1.82) is 0 Å². The smallest absolute Gasteiger partial charge is 0.306 e. The number of likely N-dealkylation sites (N-methyl/N-ethyl adjacent to an activating group) is 1. The second-order valence-corrected chi connectivity index (χ2v) is 15.4. The van der Waals surface area contributed by atoms with E-state index in [1.807, 2.05) is 28.1 Å². The van der Waals surface area contributed by atoms with Crippen molar-refractivity contribution in [3.8, 4) is 0 Å². The molecule has 46 heavy (non-hydrogen) atoms. The highest BCUT2D eigenvalue weighted by atomic mass is 31.2. The van der Waals surface area contributed by atoms with Crippen molar-refractivity contribution in [3.63, 3.8) is 0 Å². The zero-order valence-corrected chi connectivity index (χ0v) is 31.4. The van der Waals surface area contributed by atoms with E-state index in [9.17, 15) is 19.0 Å². The Labute approximate surface area is 283 Å². The first-order valence-corrected chi connectivity index (χ1v) is 20.2. The number of esters is 2. The standard InChI is InChI=1S/C36H72NO8P/c1-6-8-10-11-12-13-14-15-16-17-18-19-20-21-22-23-24-25-27-29-36(39)45-34(32-42-35(38)28-26-9-7-2)33-44-46(40,41)43-31-30-37(3,4)5/h34H,6-33H2,1-5H3. The summed E-state index contributed by atoms with van der Waals surface area (Å²) in [4.78, 5) is 36.8. The molecule has 274 valence electrons. The van der Waals surface area contributed by atoms with E-state index < -0.39 is 32.5 Å². The van der Waals surface area contributed by atoms with Crippen molar-refractivity contribution >= 4 is 19.8 Å². The van der Waals surface area contributed by atoms with Crippen LogP contribution < -0.4 is 4.89 Å². The number of nitrogens with zero attached hydrogens (tertiary/aromatic N) is 1. The van der Waals surface area contributed by atoms with Crippen LogP contribution in [0.15, 0.2) is 0 Å². The SMILES string of the molecule is CCCCCCCCCCCCCCCCCCCCCC(=O)OC(COC(=O)CCCCC)COP(=O)([O-])OCC[N+](C)(C)C. The largest absolute Gasteiger partial charge is 0.756 e. The van der Waals surface area contributed by atoms with Gasteiger partial charge in [-0.1, -0.05) is 142 Å². The van der Waals surface area contributed by atoms with Gasteiger partial charge >= 0.3 is 11.9 Å². The molecule has 0 radical (unpaired) electrons. The van der Waals surface area contributed by atoms with Crippen molar-refractivity contribution in [2.75, 3.05) is 47.5 Å². The third-order valence-electron chi connectivity index (χ3n) is 8.13. The zero-order valence-electron chi connectivity index (χ0n) is 30.5. The molecular formula is C36H72NO8P. The number of carbonyl (C=O) groups excluding carboxylic acids is 2. The lowest BCUT2D eigenvalue weighted by Crippen LogP contribution is -2.37. The number of rotatable bonds is 34. The van der Waals surface area contributed by atoms with Crippen LogP contribution in [0.4, 0.5) is 0 Å². The molecule has 2 atom stereocenters. The highest BCUT2D eigenvalue weighted by Crippen LogP contribution is 2.38. The fourth-order valence-electron chi connectivity index (χ4n) is 5.12. The third-order valence-corrected chi connectivity index (χ3v) is 9.09. The molecule has 0 bridgehead atoms. The van der Waals surface area contributed by atoms with E-state index in [4.69, 9.17) is 18.5 Å². The predicted octanol–water partition coefficient (Wildman–Crippen LogP) is 9.05. The van der Waals surface area contributed by atoms with E-state index in [1.54, 1.807) is 0 Å². The molecule has 0 fully saturated rings. The van der Waals surface area contributed by atoms with Gasteiger partial charge in [-0.3, -0.25) is 14.2 Å². The van der Waals surface area contributed by atoms with E-state index in [1.165, 1.54) is 103 Å². The average Bonchev–Trinajstić information content (AvgIpc) is 2.99. The molecule has 2 unspecified atom stereocenters. The summed E-state index contributed by atoms with van der Waals surface area (Å²) in [6, 6.07) is 0. The minimum atomic E-state index is -4.59. The summed E-state index contributed by atoms with van der Waals surface area (Å²) < 4.78 is 33.4. The van der Waals surface area contributed by atoms with Gasteiger partial charge in [-0.2, -0.15) is 0 Å². The number of hydrogen-bond donors (Lipinski definition) is 0. The van der Waals surface area contributed by atoms with Crippen LogP contribution in [0, 0.1) is 0 Å². The Morgan fingerprint density at radius 2 is 0.978 bits per heavy atom. The molecule has 0 heterocycles. The normalized spacial score (nSPS) is 13.8. The molecule has 0 aliphatic carbocycles. The molecule has 0 aromatic heterocycles. The van der Waals surface area contributed by atoms with Crippen molar-refractivity contribution in [3.05, 3.63) is 0 Å². The molecule has 9 nitrogen and oxygen atoms in total. The van der Waals surface area contributed by atoms with Crippen LogP contribution in [-0.2, 0) is 32.7 Å². The molecule has 0 spiro atoms. The van der Waals surface area contributed by atoms with Gasteiger partial charge in [-0.05, 0) is 12.8 Å². The molecule has 0 saturated carbocycles. The fraction of sp³-hybridized carbons (Fsp3) is 0.944. The molecule has 0 aromatic rings. The maximum Gasteiger partial charge on any atom is 0.306 e. The van der Waals surface area contributed by atoms with E-state index >= 15 is 0 Å². The summed E-state index contributed by atoms with van der Waals surface area (Å²) >= 11 is 0. The highest BCUT2D eigenvalue weighted by Gasteiger charge is 2.21. The van der Waals surface area contributed by atoms with Crippen molar-refractivity contribution in [2.24, 2.45) is 0 Å². The summed E-state index contributed by atoms with van der Waals surface area (Å²) in [5.74, 6) is -0.855. The lowest BCUT2D eigenvalue weighted by molar-refractivity contribution is -0.870. The van der Waals surface area contributed by atoms with Gasteiger partial charge in [-0.25, -0.2) is 0 Å². The first-order chi connectivity index (χ1) is 22.0. The number of ether oxygens (including phenoxy) is 2. The minimum Gasteiger partial charge on any atom is -0.756 e. The number of unbranched alkanes of at least 4 members (excludes halogenated alkanes) is 20. The highest BCUT2D eigenvalue weighted by molar-refractivity contribution is 7.45. The van der Waals surface area contributed by atoms with Gasteiger partial charge in [0.05, 0.1) is 27.7 Å². The van der Waals surface area contributed by atoms with Gasteiger partial charge in [-0.15, -0.1) is 0 Å². The van der Waals surface area contributed by atoms with Gasteiger partial charge in [0.15, 0.2) is 6.10 Å². The molecular weight excluding hydrogens is 605 g/mol. The van der Waals surface area contributed by atoms with Crippen LogP contribution in [0.2, 0.25) is 0 Å². The van der Waals surface area contributed by atoms with Crippen LogP contribution in [0.3, 0.4) is 0 Å². The number of phosphoric acid groups is 1. The first-order valence-electron chi connectivity index (χ1n) is 18.7. The summed E-state index contributed by atoms with van der Waals surface area (Å²) in [5, 5.41) is 0. The van der Waals surface area contributed by atoms with Gasteiger partial charge in [0, 0.05) is 12.8 Å². The Hall–Kier alpha value is -0.990. The second-order valence-electron chi connectivity index (χ2n) is 14.0. The average molecular weight is 678 g/mol.